The molecule has 0 aliphatic carbocycles. The fourth-order valence-electron chi connectivity index (χ4n) is 1.95. The molecule has 0 atom stereocenters. The molecule has 7 heteroatoms. The summed E-state index contributed by atoms with van der Waals surface area (Å²) in [5.41, 5.74) is 1.59. The number of nitrogens with zero attached hydrogens (tertiary/aromatic N) is 2. The van der Waals surface area contributed by atoms with Gasteiger partial charge in [-0.2, -0.15) is 5.26 Å². The average molecular weight is 333 g/mol. The molecule has 1 N–H and O–H groups in total. The molecule has 23 heavy (non-hydrogen) atoms. The van der Waals surface area contributed by atoms with Crippen molar-refractivity contribution in [3.63, 3.8) is 0 Å². The quantitative estimate of drug-likeness (QED) is 0.913. The van der Waals surface area contributed by atoms with Crippen molar-refractivity contribution < 1.29 is 12.8 Å². The van der Waals surface area contributed by atoms with Gasteiger partial charge < -0.3 is 5.32 Å². The molecule has 0 aliphatic rings. The summed E-state index contributed by atoms with van der Waals surface area (Å²) in [6, 6.07) is 12.3. The normalized spacial score (nSPS) is 11.3. The minimum Gasteiger partial charge on any atom is -0.380 e. The SMILES string of the molecule is CN(C)S(=O)(=O)c1ccc(CNc2ccc(F)cc2C#N)cc1. The van der Waals surface area contributed by atoms with E-state index in [1.807, 2.05) is 6.07 Å². The summed E-state index contributed by atoms with van der Waals surface area (Å²) in [5, 5.41) is 12.0. The van der Waals surface area contributed by atoms with Gasteiger partial charge in [-0.3, -0.25) is 0 Å². The van der Waals surface area contributed by atoms with Crippen molar-refractivity contribution >= 4 is 15.7 Å². The topological polar surface area (TPSA) is 73.2 Å². The van der Waals surface area contributed by atoms with Gasteiger partial charge in [0, 0.05) is 20.6 Å². The van der Waals surface area contributed by atoms with E-state index in [0.717, 1.165) is 15.9 Å². The monoisotopic (exact) mass is 333 g/mol. The molecule has 0 unspecified atom stereocenters. The molecule has 0 aliphatic heterocycles. The molecule has 0 saturated heterocycles. The number of rotatable bonds is 5. The Morgan fingerprint density at radius 3 is 2.39 bits per heavy atom. The minimum atomic E-state index is -3.45. The first kappa shape index (κ1) is 16.9. The van der Waals surface area contributed by atoms with Crippen LogP contribution in [0.1, 0.15) is 11.1 Å². The third kappa shape index (κ3) is 3.86. The van der Waals surface area contributed by atoms with Gasteiger partial charge in [0.2, 0.25) is 10.0 Å². The second-order valence-electron chi connectivity index (χ2n) is 5.09. The number of hydrogen-bond acceptors (Lipinski definition) is 4. The molecule has 0 fully saturated rings. The summed E-state index contributed by atoms with van der Waals surface area (Å²) < 4.78 is 38.2. The van der Waals surface area contributed by atoms with Gasteiger partial charge >= 0.3 is 0 Å². The lowest BCUT2D eigenvalue weighted by Gasteiger charge is -2.12. The highest BCUT2D eigenvalue weighted by molar-refractivity contribution is 7.89. The first-order chi connectivity index (χ1) is 10.8. The Morgan fingerprint density at radius 2 is 1.83 bits per heavy atom. The standard InChI is InChI=1S/C16H16FN3O2S/c1-20(2)23(21,22)15-6-3-12(4-7-15)11-19-16-8-5-14(17)9-13(16)10-18/h3-9,19H,11H2,1-2H3. The van der Waals surface area contributed by atoms with Crippen LogP contribution < -0.4 is 5.32 Å². The van der Waals surface area contributed by atoms with E-state index in [0.29, 0.717) is 12.2 Å². The maximum absolute atomic E-state index is 13.1. The van der Waals surface area contributed by atoms with Crippen LogP contribution in [0.25, 0.3) is 0 Å². The zero-order valence-corrected chi connectivity index (χ0v) is 13.6. The molecule has 120 valence electrons. The molecule has 0 aromatic heterocycles. The summed E-state index contributed by atoms with van der Waals surface area (Å²) in [7, 11) is -0.498. The number of hydrogen-bond donors (Lipinski definition) is 1. The Morgan fingerprint density at radius 1 is 1.17 bits per heavy atom. The summed E-state index contributed by atoms with van der Waals surface area (Å²) >= 11 is 0. The van der Waals surface area contributed by atoms with E-state index in [2.05, 4.69) is 5.32 Å². The van der Waals surface area contributed by atoms with Gasteiger partial charge in [-0.1, -0.05) is 12.1 Å². The molecule has 0 saturated carbocycles. The molecular formula is C16H16FN3O2S. The largest absolute Gasteiger partial charge is 0.380 e. The van der Waals surface area contributed by atoms with Crippen molar-refractivity contribution in [1.29, 1.82) is 5.26 Å². The molecule has 2 aromatic carbocycles. The lowest BCUT2D eigenvalue weighted by molar-refractivity contribution is 0.520. The Balaban J connectivity index is 2.13. The van der Waals surface area contributed by atoms with E-state index in [-0.39, 0.29) is 10.5 Å². The first-order valence-electron chi connectivity index (χ1n) is 6.79. The summed E-state index contributed by atoms with van der Waals surface area (Å²) in [6.07, 6.45) is 0. The van der Waals surface area contributed by atoms with Crippen LogP contribution in [0.3, 0.4) is 0 Å². The van der Waals surface area contributed by atoms with E-state index in [1.54, 1.807) is 12.1 Å². The van der Waals surface area contributed by atoms with Crippen LogP contribution in [0.2, 0.25) is 0 Å². The predicted molar refractivity (Wildman–Crippen MR) is 85.8 cm³/mol. The Hall–Kier alpha value is -2.43. The fraction of sp³-hybridized carbons (Fsp3) is 0.188. The summed E-state index contributed by atoms with van der Waals surface area (Å²) in [5.74, 6) is -0.467. The minimum absolute atomic E-state index is 0.214. The predicted octanol–water partition coefficient (Wildman–Crippen LogP) is 2.56. The smallest absolute Gasteiger partial charge is 0.242 e. The van der Waals surface area contributed by atoms with Gasteiger partial charge in [0.1, 0.15) is 11.9 Å². The molecular weight excluding hydrogens is 317 g/mol. The van der Waals surface area contributed by atoms with Crippen molar-refractivity contribution in [1.82, 2.24) is 4.31 Å². The van der Waals surface area contributed by atoms with E-state index in [1.165, 1.54) is 38.4 Å². The van der Waals surface area contributed by atoms with Crippen LogP contribution in [-0.4, -0.2) is 26.8 Å². The van der Waals surface area contributed by atoms with Crippen LogP contribution >= 0.6 is 0 Å². The Labute approximate surface area is 135 Å². The van der Waals surface area contributed by atoms with Crippen molar-refractivity contribution in [3.8, 4) is 6.07 Å². The van der Waals surface area contributed by atoms with Crippen molar-refractivity contribution in [3.05, 3.63) is 59.4 Å². The second kappa shape index (κ2) is 6.77. The van der Waals surface area contributed by atoms with Gasteiger partial charge in [-0.25, -0.2) is 17.1 Å². The Kier molecular flexibility index (Phi) is 4.98. The summed E-state index contributed by atoms with van der Waals surface area (Å²) in [4.78, 5) is 0.214. The van der Waals surface area contributed by atoms with Crippen molar-refractivity contribution in [2.45, 2.75) is 11.4 Å². The third-order valence-electron chi connectivity index (χ3n) is 3.29. The van der Waals surface area contributed by atoms with Gasteiger partial charge in [-0.15, -0.1) is 0 Å². The lowest BCUT2D eigenvalue weighted by Crippen LogP contribution is -2.22. The molecule has 0 amide bonds. The van der Waals surface area contributed by atoms with E-state index < -0.39 is 15.8 Å². The van der Waals surface area contributed by atoms with Crippen LogP contribution in [0, 0.1) is 17.1 Å². The highest BCUT2D eigenvalue weighted by Crippen LogP contribution is 2.18. The van der Waals surface area contributed by atoms with Gasteiger partial charge in [0.25, 0.3) is 0 Å². The van der Waals surface area contributed by atoms with Gasteiger partial charge in [0.15, 0.2) is 0 Å². The zero-order valence-electron chi connectivity index (χ0n) is 12.7. The molecule has 2 rings (SSSR count). The van der Waals surface area contributed by atoms with Crippen LogP contribution in [0.4, 0.5) is 10.1 Å². The van der Waals surface area contributed by atoms with Crippen LogP contribution in [0.15, 0.2) is 47.4 Å². The highest BCUT2D eigenvalue weighted by atomic mass is 32.2. The lowest BCUT2D eigenvalue weighted by atomic mass is 10.1. The van der Waals surface area contributed by atoms with E-state index in [4.69, 9.17) is 5.26 Å². The third-order valence-corrected chi connectivity index (χ3v) is 5.12. The average Bonchev–Trinajstić information content (AvgIpc) is 2.53. The fourth-order valence-corrected chi connectivity index (χ4v) is 2.85. The van der Waals surface area contributed by atoms with Crippen molar-refractivity contribution in [2.75, 3.05) is 19.4 Å². The van der Waals surface area contributed by atoms with Crippen molar-refractivity contribution in [2.24, 2.45) is 0 Å². The molecule has 2 aromatic rings. The van der Waals surface area contributed by atoms with Crippen LogP contribution in [-0.2, 0) is 16.6 Å². The Bertz CT molecular complexity index is 841. The number of benzene rings is 2. The van der Waals surface area contributed by atoms with Gasteiger partial charge in [0.05, 0.1) is 16.1 Å². The first-order valence-corrected chi connectivity index (χ1v) is 8.23. The highest BCUT2D eigenvalue weighted by Gasteiger charge is 2.16. The molecule has 0 spiro atoms. The van der Waals surface area contributed by atoms with E-state index >= 15 is 0 Å². The number of sulfonamides is 1. The molecule has 0 heterocycles. The molecule has 0 bridgehead atoms. The summed E-state index contributed by atoms with van der Waals surface area (Å²) in [6.45, 7) is 0.391. The second-order valence-corrected chi connectivity index (χ2v) is 7.24. The van der Waals surface area contributed by atoms with Crippen LogP contribution in [0.5, 0.6) is 0 Å². The molecule has 5 nitrogen and oxygen atoms in total. The number of anilines is 1. The maximum Gasteiger partial charge on any atom is 0.242 e. The number of nitrogens with one attached hydrogen (secondary N) is 1. The number of halogens is 1. The number of nitriles is 1. The van der Waals surface area contributed by atoms with E-state index in [9.17, 15) is 12.8 Å². The molecule has 0 radical (unpaired) electrons. The zero-order chi connectivity index (χ0) is 17.0. The maximum atomic E-state index is 13.1. The van der Waals surface area contributed by atoms with Gasteiger partial charge in [-0.05, 0) is 35.9 Å².